The maximum absolute atomic E-state index is 12.8. The molecule has 0 saturated heterocycles. The molecule has 0 aliphatic carbocycles. The van der Waals surface area contributed by atoms with Crippen LogP contribution in [0.5, 0.6) is 0 Å². The Hall–Kier alpha value is -1.88. The minimum absolute atomic E-state index is 0.000103. The average molecular weight is 332 g/mol. The van der Waals surface area contributed by atoms with Crippen LogP contribution in [-0.4, -0.2) is 40.5 Å². The lowest BCUT2D eigenvalue weighted by Gasteiger charge is -2.36. The first kappa shape index (κ1) is 18.5. The van der Waals surface area contributed by atoms with Crippen molar-refractivity contribution in [2.24, 2.45) is 5.41 Å². The number of nitrogens with one attached hydrogen (secondary N) is 1. The third-order valence-electron chi connectivity index (χ3n) is 4.38. The Morgan fingerprint density at radius 2 is 1.92 bits per heavy atom. The van der Waals surface area contributed by atoms with E-state index >= 15 is 0 Å². The Morgan fingerprint density at radius 1 is 1.29 bits per heavy atom. The Kier molecular flexibility index (Phi) is 5.65. The van der Waals surface area contributed by atoms with Crippen LogP contribution in [0.2, 0.25) is 0 Å². The van der Waals surface area contributed by atoms with E-state index in [-0.39, 0.29) is 29.9 Å². The highest BCUT2D eigenvalue weighted by molar-refractivity contribution is 5.88. The van der Waals surface area contributed by atoms with Crippen LogP contribution in [0.25, 0.3) is 0 Å². The van der Waals surface area contributed by atoms with Crippen molar-refractivity contribution in [3.05, 3.63) is 35.4 Å². The molecule has 1 aliphatic heterocycles. The van der Waals surface area contributed by atoms with Gasteiger partial charge in [0.25, 0.3) is 0 Å². The van der Waals surface area contributed by atoms with Crippen LogP contribution in [0.1, 0.15) is 45.2 Å². The van der Waals surface area contributed by atoms with Crippen molar-refractivity contribution in [3.8, 4) is 0 Å². The predicted molar refractivity (Wildman–Crippen MR) is 93.2 cm³/mol. The number of benzene rings is 1. The zero-order valence-corrected chi connectivity index (χ0v) is 15.0. The Balaban J connectivity index is 2.15. The summed E-state index contributed by atoms with van der Waals surface area (Å²) in [5.74, 6) is -0.302. The third kappa shape index (κ3) is 4.57. The highest BCUT2D eigenvalue weighted by Crippen LogP contribution is 2.25. The first-order valence-electron chi connectivity index (χ1n) is 8.46. The van der Waals surface area contributed by atoms with Crippen LogP contribution in [0.4, 0.5) is 0 Å². The molecule has 5 nitrogen and oxygen atoms in total. The number of fused-ring (bicyclic) bond motifs is 1. The maximum Gasteiger partial charge on any atom is 0.243 e. The summed E-state index contributed by atoms with van der Waals surface area (Å²) >= 11 is 0. The van der Waals surface area contributed by atoms with Gasteiger partial charge in [0.05, 0.1) is 12.6 Å². The maximum atomic E-state index is 12.8. The molecule has 2 unspecified atom stereocenters. The van der Waals surface area contributed by atoms with Crippen molar-refractivity contribution < 1.29 is 14.7 Å². The summed E-state index contributed by atoms with van der Waals surface area (Å²) in [4.78, 5) is 26.4. The average Bonchev–Trinajstić information content (AvgIpc) is 2.51. The molecule has 1 heterocycles. The molecule has 2 amide bonds. The highest BCUT2D eigenvalue weighted by atomic mass is 16.3. The number of amides is 2. The Morgan fingerprint density at radius 3 is 2.46 bits per heavy atom. The van der Waals surface area contributed by atoms with Crippen molar-refractivity contribution in [3.63, 3.8) is 0 Å². The van der Waals surface area contributed by atoms with Gasteiger partial charge in [-0.25, -0.2) is 0 Å². The van der Waals surface area contributed by atoms with Gasteiger partial charge in [0.2, 0.25) is 11.8 Å². The van der Waals surface area contributed by atoms with Gasteiger partial charge in [-0.15, -0.1) is 0 Å². The molecule has 2 rings (SSSR count). The highest BCUT2D eigenvalue weighted by Gasteiger charge is 2.34. The van der Waals surface area contributed by atoms with Crippen LogP contribution in [0, 0.1) is 5.41 Å². The molecule has 2 atom stereocenters. The van der Waals surface area contributed by atoms with Crippen molar-refractivity contribution in [1.29, 1.82) is 0 Å². The molecular weight excluding hydrogens is 304 g/mol. The first-order chi connectivity index (χ1) is 11.2. The van der Waals surface area contributed by atoms with E-state index < -0.39 is 6.04 Å². The zero-order chi connectivity index (χ0) is 17.9. The summed E-state index contributed by atoms with van der Waals surface area (Å²) in [5, 5.41) is 12.5. The summed E-state index contributed by atoms with van der Waals surface area (Å²) in [7, 11) is 0. The molecule has 1 aliphatic rings. The number of hydrogen-bond donors (Lipinski definition) is 2. The SMILES string of the molecule is CC(=O)N1Cc2ccccc2CC1C(=O)NC(CO)CC(C)(C)C. The Bertz CT molecular complexity index is 607. The lowest BCUT2D eigenvalue weighted by molar-refractivity contribution is -0.140. The minimum atomic E-state index is -0.522. The van der Waals surface area contributed by atoms with Crippen molar-refractivity contribution in [2.75, 3.05) is 6.61 Å². The van der Waals surface area contributed by atoms with Gasteiger partial charge >= 0.3 is 0 Å². The molecule has 1 aromatic rings. The van der Waals surface area contributed by atoms with Crippen molar-refractivity contribution in [1.82, 2.24) is 10.2 Å². The quantitative estimate of drug-likeness (QED) is 0.884. The van der Waals surface area contributed by atoms with E-state index in [0.29, 0.717) is 19.4 Å². The van der Waals surface area contributed by atoms with Crippen LogP contribution in [0.3, 0.4) is 0 Å². The molecule has 0 saturated carbocycles. The molecule has 0 radical (unpaired) electrons. The second-order valence-corrected chi connectivity index (χ2v) is 7.79. The van der Waals surface area contributed by atoms with Gasteiger partial charge in [0.1, 0.15) is 6.04 Å². The van der Waals surface area contributed by atoms with Gasteiger partial charge < -0.3 is 15.3 Å². The lowest BCUT2D eigenvalue weighted by Crippen LogP contribution is -2.54. The van der Waals surface area contributed by atoms with Gasteiger partial charge in [0.15, 0.2) is 0 Å². The number of rotatable bonds is 4. The molecule has 5 heteroatoms. The number of carbonyl (C=O) groups excluding carboxylic acids is 2. The normalized spacial score (nSPS) is 18.7. The molecule has 0 fully saturated rings. The van der Waals surface area contributed by atoms with E-state index in [1.807, 2.05) is 24.3 Å². The molecule has 0 spiro atoms. The van der Waals surface area contributed by atoms with E-state index in [1.165, 1.54) is 6.92 Å². The lowest BCUT2D eigenvalue weighted by atomic mass is 9.88. The fourth-order valence-corrected chi connectivity index (χ4v) is 3.29. The summed E-state index contributed by atoms with van der Waals surface area (Å²) in [6.07, 6.45) is 1.19. The van der Waals surface area contributed by atoms with Crippen molar-refractivity contribution >= 4 is 11.8 Å². The van der Waals surface area contributed by atoms with E-state index in [2.05, 4.69) is 26.1 Å². The van der Waals surface area contributed by atoms with Gasteiger partial charge in [-0.05, 0) is 23.0 Å². The molecular formula is C19H28N2O3. The number of carbonyl (C=O) groups is 2. The molecule has 0 aromatic heterocycles. The fraction of sp³-hybridized carbons (Fsp3) is 0.579. The number of nitrogens with zero attached hydrogens (tertiary/aromatic N) is 1. The summed E-state index contributed by atoms with van der Waals surface area (Å²) in [6, 6.07) is 7.08. The zero-order valence-electron chi connectivity index (χ0n) is 15.0. The molecule has 132 valence electrons. The minimum Gasteiger partial charge on any atom is -0.394 e. The second-order valence-electron chi connectivity index (χ2n) is 7.79. The fourth-order valence-electron chi connectivity index (χ4n) is 3.29. The predicted octanol–water partition coefficient (Wildman–Crippen LogP) is 1.87. The van der Waals surface area contributed by atoms with Crippen LogP contribution in [0.15, 0.2) is 24.3 Å². The van der Waals surface area contributed by atoms with E-state index in [9.17, 15) is 14.7 Å². The van der Waals surface area contributed by atoms with E-state index in [1.54, 1.807) is 4.90 Å². The van der Waals surface area contributed by atoms with Crippen molar-refractivity contribution in [2.45, 2.75) is 59.2 Å². The summed E-state index contributed by atoms with van der Waals surface area (Å²) < 4.78 is 0. The third-order valence-corrected chi connectivity index (χ3v) is 4.38. The largest absolute Gasteiger partial charge is 0.394 e. The summed E-state index contributed by atoms with van der Waals surface area (Å²) in [6.45, 7) is 8.05. The number of aliphatic hydroxyl groups excluding tert-OH is 1. The number of hydrogen-bond acceptors (Lipinski definition) is 3. The van der Waals surface area contributed by atoms with Gasteiger partial charge in [-0.2, -0.15) is 0 Å². The van der Waals surface area contributed by atoms with Crippen LogP contribution < -0.4 is 5.32 Å². The Labute approximate surface area is 144 Å². The second kappa shape index (κ2) is 7.34. The first-order valence-corrected chi connectivity index (χ1v) is 8.46. The van der Waals surface area contributed by atoms with Crippen LogP contribution in [-0.2, 0) is 22.6 Å². The topological polar surface area (TPSA) is 69.6 Å². The standard InChI is InChI=1S/C19H28N2O3/c1-13(23)21-11-15-8-6-5-7-14(15)9-17(21)18(24)20-16(12-22)10-19(2,3)4/h5-8,16-17,22H,9-12H2,1-4H3,(H,20,24). The summed E-state index contributed by atoms with van der Waals surface area (Å²) in [5.41, 5.74) is 2.19. The molecule has 1 aromatic carbocycles. The van der Waals surface area contributed by atoms with Gasteiger partial charge in [-0.1, -0.05) is 45.0 Å². The smallest absolute Gasteiger partial charge is 0.243 e. The van der Waals surface area contributed by atoms with Gasteiger partial charge in [0, 0.05) is 19.9 Å². The van der Waals surface area contributed by atoms with Crippen LogP contribution >= 0.6 is 0 Å². The monoisotopic (exact) mass is 332 g/mol. The van der Waals surface area contributed by atoms with E-state index in [4.69, 9.17) is 0 Å². The molecule has 0 bridgehead atoms. The van der Waals surface area contributed by atoms with Gasteiger partial charge in [-0.3, -0.25) is 9.59 Å². The molecule has 2 N–H and O–H groups in total. The van der Waals surface area contributed by atoms with E-state index in [0.717, 1.165) is 11.1 Å². The molecule has 24 heavy (non-hydrogen) atoms. The number of aliphatic hydroxyl groups is 1.